The summed E-state index contributed by atoms with van der Waals surface area (Å²) in [4.78, 5) is 0.866. The highest BCUT2D eigenvalue weighted by Gasteiger charge is 1.98. The van der Waals surface area contributed by atoms with Gasteiger partial charge in [-0.3, -0.25) is 4.21 Å². The van der Waals surface area contributed by atoms with Gasteiger partial charge in [-0.05, 0) is 18.6 Å². The van der Waals surface area contributed by atoms with Crippen molar-refractivity contribution in [1.29, 1.82) is 0 Å². The first-order valence-electron chi connectivity index (χ1n) is 5.73. The molecule has 2 heteroatoms. The summed E-state index contributed by atoms with van der Waals surface area (Å²) in [6, 6.07) is 9.50. The highest BCUT2D eigenvalue weighted by molar-refractivity contribution is 7.85. The Morgan fingerprint density at radius 1 is 1.12 bits per heavy atom. The molecule has 0 spiro atoms. The van der Waals surface area contributed by atoms with Crippen molar-refractivity contribution in [1.82, 2.24) is 0 Å². The van der Waals surface area contributed by atoms with Crippen LogP contribution in [0, 0.1) is 11.8 Å². The molecule has 0 heterocycles. The fourth-order valence-corrected chi connectivity index (χ4v) is 2.18. The maximum Gasteiger partial charge on any atom is 0.0893 e. The zero-order valence-electron chi connectivity index (χ0n) is 9.74. The average molecular weight is 234 g/mol. The van der Waals surface area contributed by atoms with E-state index in [1.165, 1.54) is 12.8 Å². The summed E-state index contributed by atoms with van der Waals surface area (Å²) in [5.74, 6) is 6.52. The van der Waals surface area contributed by atoms with Crippen LogP contribution in [0.25, 0.3) is 0 Å². The Balaban J connectivity index is 2.30. The summed E-state index contributed by atoms with van der Waals surface area (Å²) < 4.78 is 11.7. The van der Waals surface area contributed by atoms with Crippen LogP contribution in [-0.4, -0.2) is 9.96 Å². The lowest BCUT2D eigenvalue weighted by Crippen LogP contribution is -1.94. The molecule has 0 bridgehead atoms. The van der Waals surface area contributed by atoms with Gasteiger partial charge in [-0.1, -0.05) is 43.9 Å². The van der Waals surface area contributed by atoms with Crippen LogP contribution in [0.1, 0.15) is 32.6 Å². The number of benzene rings is 1. The maximum atomic E-state index is 11.7. The van der Waals surface area contributed by atoms with Crippen LogP contribution in [0.2, 0.25) is 0 Å². The summed E-state index contributed by atoms with van der Waals surface area (Å²) in [5.41, 5.74) is 0. The number of hydrogen-bond acceptors (Lipinski definition) is 1. The second-order valence-electron chi connectivity index (χ2n) is 3.61. The van der Waals surface area contributed by atoms with E-state index in [1.54, 1.807) is 0 Å². The smallest absolute Gasteiger partial charge is 0.0893 e. The SMILES string of the molecule is CCCCCC#CCS(=O)c1ccccc1. The van der Waals surface area contributed by atoms with Crippen molar-refractivity contribution in [3.05, 3.63) is 30.3 Å². The van der Waals surface area contributed by atoms with Crippen molar-refractivity contribution < 1.29 is 4.21 Å². The molecule has 1 atom stereocenters. The molecular formula is C14H18OS. The van der Waals surface area contributed by atoms with Crippen LogP contribution in [0.3, 0.4) is 0 Å². The first-order chi connectivity index (χ1) is 7.84. The molecule has 0 N–H and O–H groups in total. The Kier molecular flexibility index (Phi) is 6.60. The van der Waals surface area contributed by atoms with Crippen LogP contribution in [0.4, 0.5) is 0 Å². The zero-order chi connectivity index (χ0) is 11.6. The molecule has 1 aromatic rings. The predicted molar refractivity (Wildman–Crippen MR) is 69.6 cm³/mol. The van der Waals surface area contributed by atoms with E-state index in [-0.39, 0.29) is 0 Å². The molecule has 0 amide bonds. The third kappa shape index (κ3) is 5.14. The molecule has 1 nitrogen and oxygen atoms in total. The van der Waals surface area contributed by atoms with Crippen LogP contribution >= 0.6 is 0 Å². The Hall–Kier alpha value is -1.07. The van der Waals surface area contributed by atoms with Gasteiger partial charge in [0.15, 0.2) is 0 Å². The van der Waals surface area contributed by atoms with E-state index in [0.29, 0.717) is 5.75 Å². The van der Waals surface area contributed by atoms with Gasteiger partial charge in [0.25, 0.3) is 0 Å². The van der Waals surface area contributed by atoms with Gasteiger partial charge < -0.3 is 0 Å². The molecular weight excluding hydrogens is 216 g/mol. The molecule has 1 unspecified atom stereocenters. The largest absolute Gasteiger partial charge is 0.253 e. The first kappa shape index (κ1) is 13.0. The Morgan fingerprint density at radius 3 is 2.56 bits per heavy atom. The molecule has 0 aliphatic rings. The molecule has 1 rings (SSSR count). The van der Waals surface area contributed by atoms with Crippen molar-refractivity contribution in [2.45, 2.75) is 37.5 Å². The van der Waals surface area contributed by atoms with Crippen LogP contribution in [0.5, 0.6) is 0 Å². The minimum atomic E-state index is -0.964. The van der Waals surface area contributed by atoms with Gasteiger partial charge in [0, 0.05) is 11.3 Å². The Labute approximate surface area is 101 Å². The van der Waals surface area contributed by atoms with Gasteiger partial charge >= 0.3 is 0 Å². The topological polar surface area (TPSA) is 17.1 Å². The Bertz CT molecular complexity index is 373. The van der Waals surface area contributed by atoms with Gasteiger partial charge in [0.2, 0.25) is 0 Å². The average Bonchev–Trinajstić information content (AvgIpc) is 2.34. The molecule has 0 saturated carbocycles. The fraction of sp³-hybridized carbons (Fsp3) is 0.429. The molecule has 0 saturated heterocycles. The van der Waals surface area contributed by atoms with Gasteiger partial charge in [-0.2, -0.15) is 0 Å². The summed E-state index contributed by atoms with van der Waals surface area (Å²) >= 11 is 0. The maximum absolute atomic E-state index is 11.7. The molecule has 0 fully saturated rings. The molecule has 16 heavy (non-hydrogen) atoms. The van der Waals surface area contributed by atoms with Crippen LogP contribution in [0.15, 0.2) is 35.2 Å². The Morgan fingerprint density at radius 2 is 1.88 bits per heavy atom. The third-order valence-corrected chi connectivity index (χ3v) is 3.44. The lowest BCUT2D eigenvalue weighted by molar-refractivity contribution is 0.685. The number of hydrogen-bond donors (Lipinski definition) is 0. The molecule has 86 valence electrons. The number of unbranched alkanes of at least 4 members (excludes halogenated alkanes) is 3. The normalized spacial score (nSPS) is 11.6. The summed E-state index contributed by atoms with van der Waals surface area (Å²) in [6.45, 7) is 2.18. The van der Waals surface area contributed by atoms with Crippen molar-refractivity contribution in [3.63, 3.8) is 0 Å². The van der Waals surface area contributed by atoms with Gasteiger partial charge in [0.05, 0.1) is 16.6 Å². The van der Waals surface area contributed by atoms with E-state index in [0.717, 1.165) is 17.7 Å². The van der Waals surface area contributed by atoms with Crippen molar-refractivity contribution in [2.75, 3.05) is 5.75 Å². The predicted octanol–water partition coefficient (Wildman–Crippen LogP) is 3.38. The van der Waals surface area contributed by atoms with Gasteiger partial charge in [-0.15, -0.1) is 5.92 Å². The minimum Gasteiger partial charge on any atom is -0.253 e. The quantitative estimate of drug-likeness (QED) is 0.564. The highest BCUT2D eigenvalue weighted by atomic mass is 32.2. The van der Waals surface area contributed by atoms with E-state index in [4.69, 9.17) is 0 Å². The standard InChI is InChI=1S/C14H18OS/c1-2-3-4-5-6-10-13-16(15)14-11-8-7-9-12-14/h7-9,11-12H,2-5,13H2,1H3. The zero-order valence-corrected chi connectivity index (χ0v) is 10.6. The van der Waals surface area contributed by atoms with Crippen LogP contribution < -0.4 is 0 Å². The fourth-order valence-electron chi connectivity index (χ4n) is 1.32. The monoisotopic (exact) mass is 234 g/mol. The van der Waals surface area contributed by atoms with E-state index in [1.807, 2.05) is 30.3 Å². The molecule has 0 aromatic heterocycles. The second kappa shape index (κ2) is 8.13. The second-order valence-corrected chi connectivity index (χ2v) is 5.06. The van der Waals surface area contributed by atoms with Crippen molar-refractivity contribution in [2.24, 2.45) is 0 Å². The molecule has 0 aliphatic carbocycles. The van der Waals surface area contributed by atoms with Crippen molar-refractivity contribution >= 4 is 10.8 Å². The number of rotatable bonds is 5. The van der Waals surface area contributed by atoms with E-state index in [9.17, 15) is 4.21 Å². The van der Waals surface area contributed by atoms with Gasteiger partial charge in [-0.25, -0.2) is 0 Å². The lowest BCUT2D eigenvalue weighted by atomic mass is 10.2. The lowest BCUT2D eigenvalue weighted by Gasteiger charge is -1.95. The summed E-state index contributed by atoms with van der Waals surface area (Å²) in [6.07, 6.45) is 4.54. The van der Waals surface area contributed by atoms with Gasteiger partial charge in [0.1, 0.15) is 0 Å². The minimum absolute atomic E-state index is 0.455. The van der Waals surface area contributed by atoms with E-state index in [2.05, 4.69) is 18.8 Å². The first-order valence-corrected chi connectivity index (χ1v) is 7.05. The highest BCUT2D eigenvalue weighted by Crippen LogP contribution is 2.04. The summed E-state index contributed by atoms with van der Waals surface area (Å²) in [5, 5.41) is 0. The van der Waals surface area contributed by atoms with Crippen molar-refractivity contribution in [3.8, 4) is 11.8 Å². The van der Waals surface area contributed by atoms with E-state index < -0.39 is 10.8 Å². The van der Waals surface area contributed by atoms with E-state index >= 15 is 0 Å². The molecule has 0 aliphatic heterocycles. The molecule has 1 aromatic carbocycles. The third-order valence-electron chi connectivity index (χ3n) is 2.24. The molecule has 0 radical (unpaired) electrons. The summed E-state index contributed by atoms with van der Waals surface area (Å²) in [7, 11) is -0.964. The van der Waals surface area contributed by atoms with Crippen LogP contribution in [-0.2, 0) is 10.8 Å².